The van der Waals surface area contributed by atoms with Crippen LogP contribution in [0.15, 0.2) is 36.4 Å². The van der Waals surface area contributed by atoms with Crippen molar-refractivity contribution in [2.75, 3.05) is 0 Å². The number of aryl methyl sites for hydroxylation is 1. The van der Waals surface area contributed by atoms with Crippen LogP contribution in [0.2, 0.25) is 0 Å². The summed E-state index contributed by atoms with van der Waals surface area (Å²) in [5, 5.41) is 0. The molecule has 2 aromatic rings. The number of amides is 2. The maximum absolute atomic E-state index is 12.7. The maximum atomic E-state index is 12.7. The minimum absolute atomic E-state index is 0.0734. The van der Waals surface area contributed by atoms with Crippen LogP contribution in [0, 0.1) is 12.7 Å². The fourth-order valence-corrected chi connectivity index (χ4v) is 2.34. The first-order chi connectivity index (χ1) is 9.54. The molecule has 2 rings (SSSR count). The van der Waals surface area contributed by atoms with Gasteiger partial charge in [-0.2, -0.15) is 0 Å². The van der Waals surface area contributed by atoms with Crippen LogP contribution in [0.5, 0.6) is 0 Å². The lowest BCUT2D eigenvalue weighted by molar-refractivity contribution is -0.121. The molecular weight excluding hydrogens is 279 g/mol. The second kappa shape index (κ2) is 6.29. The summed E-state index contributed by atoms with van der Waals surface area (Å²) in [6, 6.07) is 9.16. The molecule has 0 aliphatic carbocycles. The molecule has 0 bridgehead atoms. The average molecular weight is 292 g/mol. The van der Waals surface area contributed by atoms with Gasteiger partial charge in [-0.25, -0.2) is 4.39 Å². The molecule has 0 aliphatic heterocycles. The van der Waals surface area contributed by atoms with Crippen LogP contribution in [0.4, 0.5) is 4.39 Å². The zero-order chi connectivity index (χ0) is 14.5. The van der Waals surface area contributed by atoms with E-state index in [1.807, 2.05) is 13.0 Å². The fraction of sp³-hybridized carbons (Fsp3) is 0.143. The van der Waals surface area contributed by atoms with Gasteiger partial charge in [0.2, 0.25) is 5.91 Å². The van der Waals surface area contributed by atoms with E-state index in [-0.39, 0.29) is 24.1 Å². The first-order valence-corrected chi connectivity index (χ1v) is 6.76. The number of halogens is 1. The maximum Gasteiger partial charge on any atom is 0.279 e. The number of hydrazine groups is 1. The number of hydrogen-bond donors (Lipinski definition) is 2. The van der Waals surface area contributed by atoms with Crippen molar-refractivity contribution in [3.05, 3.63) is 57.5 Å². The summed E-state index contributed by atoms with van der Waals surface area (Å²) in [5.74, 6) is -1.07. The largest absolute Gasteiger partial charge is 0.279 e. The Labute approximate surface area is 119 Å². The summed E-state index contributed by atoms with van der Waals surface area (Å²) in [6.45, 7) is 1.90. The molecule has 0 saturated carbocycles. The van der Waals surface area contributed by atoms with Crippen molar-refractivity contribution >= 4 is 23.2 Å². The Morgan fingerprint density at radius 2 is 1.80 bits per heavy atom. The van der Waals surface area contributed by atoms with Crippen molar-refractivity contribution in [3.8, 4) is 0 Å². The number of nitrogens with one attached hydrogen (secondary N) is 2. The van der Waals surface area contributed by atoms with Gasteiger partial charge in [-0.05, 0) is 36.8 Å². The van der Waals surface area contributed by atoms with Crippen LogP contribution in [-0.2, 0) is 11.2 Å². The Balaban J connectivity index is 1.83. The summed E-state index contributed by atoms with van der Waals surface area (Å²) >= 11 is 1.35. The van der Waals surface area contributed by atoms with Gasteiger partial charge in [-0.3, -0.25) is 20.4 Å². The third-order valence-electron chi connectivity index (χ3n) is 2.56. The van der Waals surface area contributed by atoms with Gasteiger partial charge >= 0.3 is 0 Å². The van der Waals surface area contributed by atoms with Gasteiger partial charge in [0.15, 0.2) is 0 Å². The first-order valence-electron chi connectivity index (χ1n) is 5.94. The number of thiophene rings is 1. The predicted molar refractivity (Wildman–Crippen MR) is 74.8 cm³/mol. The molecule has 1 aromatic heterocycles. The Morgan fingerprint density at radius 3 is 2.40 bits per heavy atom. The standard InChI is InChI=1S/C14H13FN2O2S/c1-9-2-7-12(20-9)14(19)17-16-13(18)8-10-3-5-11(15)6-4-10/h2-7H,8H2,1H3,(H,16,18)(H,17,19). The van der Waals surface area contributed by atoms with Gasteiger partial charge < -0.3 is 0 Å². The molecule has 1 heterocycles. The lowest BCUT2D eigenvalue weighted by atomic mass is 10.1. The molecule has 4 nitrogen and oxygen atoms in total. The van der Waals surface area contributed by atoms with Crippen LogP contribution < -0.4 is 10.9 Å². The van der Waals surface area contributed by atoms with E-state index in [4.69, 9.17) is 0 Å². The average Bonchev–Trinajstić information content (AvgIpc) is 2.85. The zero-order valence-corrected chi connectivity index (χ0v) is 11.6. The van der Waals surface area contributed by atoms with Crippen molar-refractivity contribution in [1.82, 2.24) is 10.9 Å². The minimum atomic E-state index is -0.363. The molecule has 1 aromatic carbocycles. The highest BCUT2D eigenvalue weighted by Crippen LogP contribution is 2.14. The molecule has 0 aliphatic rings. The smallest absolute Gasteiger partial charge is 0.273 e. The molecule has 6 heteroatoms. The van der Waals surface area contributed by atoms with Crippen LogP contribution in [0.1, 0.15) is 20.1 Å². The summed E-state index contributed by atoms with van der Waals surface area (Å²) in [7, 11) is 0. The van der Waals surface area contributed by atoms with E-state index in [0.29, 0.717) is 10.4 Å². The van der Waals surface area contributed by atoms with Gasteiger partial charge in [-0.1, -0.05) is 12.1 Å². The molecule has 0 saturated heterocycles. The number of benzene rings is 1. The molecule has 0 unspecified atom stereocenters. The van der Waals surface area contributed by atoms with Crippen LogP contribution in [-0.4, -0.2) is 11.8 Å². The summed E-state index contributed by atoms with van der Waals surface area (Å²) in [6.07, 6.45) is 0.0734. The lowest BCUT2D eigenvalue weighted by Gasteiger charge is -2.06. The van der Waals surface area contributed by atoms with E-state index in [9.17, 15) is 14.0 Å². The third-order valence-corrected chi connectivity index (χ3v) is 3.56. The van der Waals surface area contributed by atoms with Crippen molar-refractivity contribution in [2.45, 2.75) is 13.3 Å². The predicted octanol–water partition coefficient (Wildman–Crippen LogP) is 2.20. The van der Waals surface area contributed by atoms with Crippen LogP contribution in [0.3, 0.4) is 0 Å². The molecule has 2 amide bonds. The van der Waals surface area contributed by atoms with Gasteiger partial charge in [0.25, 0.3) is 5.91 Å². The molecule has 0 atom stereocenters. The third kappa shape index (κ3) is 3.89. The topological polar surface area (TPSA) is 58.2 Å². The number of rotatable bonds is 3. The Morgan fingerprint density at radius 1 is 1.10 bits per heavy atom. The van der Waals surface area contributed by atoms with Gasteiger partial charge in [0, 0.05) is 4.88 Å². The van der Waals surface area contributed by atoms with Gasteiger partial charge in [-0.15, -0.1) is 11.3 Å². The van der Waals surface area contributed by atoms with E-state index in [1.165, 1.54) is 35.6 Å². The van der Waals surface area contributed by atoms with E-state index in [0.717, 1.165) is 4.88 Å². The van der Waals surface area contributed by atoms with Gasteiger partial charge in [0.1, 0.15) is 5.82 Å². The Kier molecular flexibility index (Phi) is 4.47. The second-order valence-electron chi connectivity index (χ2n) is 4.22. The molecule has 104 valence electrons. The Hall–Kier alpha value is -2.21. The summed E-state index contributed by atoms with van der Waals surface area (Å²) in [5.41, 5.74) is 5.34. The van der Waals surface area contributed by atoms with Gasteiger partial charge in [0.05, 0.1) is 11.3 Å². The van der Waals surface area contributed by atoms with Crippen molar-refractivity contribution < 1.29 is 14.0 Å². The molecule has 0 fully saturated rings. The Bertz CT molecular complexity index is 622. The molecule has 2 N–H and O–H groups in total. The zero-order valence-electron chi connectivity index (χ0n) is 10.8. The van der Waals surface area contributed by atoms with Crippen molar-refractivity contribution in [2.24, 2.45) is 0 Å². The summed E-state index contributed by atoms with van der Waals surface area (Å²) in [4.78, 5) is 24.9. The van der Waals surface area contributed by atoms with E-state index < -0.39 is 0 Å². The van der Waals surface area contributed by atoms with Crippen LogP contribution in [0.25, 0.3) is 0 Å². The quantitative estimate of drug-likeness (QED) is 0.852. The van der Waals surface area contributed by atoms with Crippen LogP contribution >= 0.6 is 11.3 Å². The SMILES string of the molecule is Cc1ccc(C(=O)NNC(=O)Cc2ccc(F)cc2)s1. The highest BCUT2D eigenvalue weighted by molar-refractivity contribution is 7.13. The fourth-order valence-electron chi connectivity index (χ4n) is 1.58. The van der Waals surface area contributed by atoms with Crippen molar-refractivity contribution in [1.29, 1.82) is 0 Å². The second-order valence-corrected chi connectivity index (χ2v) is 5.50. The number of carbonyl (C=O) groups excluding carboxylic acids is 2. The molecule has 0 radical (unpaired) electrons. The highest BCUT2D eigenvalue weighted by Gasteiger charge is 2.09. The summed E-state index contributed by atoms with van der Waals surface area (Å²) < 4.78 is 12.7. The van der Waals surface area contributed by atoms with E-state index in [2.05, 4.69) is 10.9 Å². The highest BCUT2D eigenvalue weighted by atomic mass is 32.1. The lowest BCUT2D eigenvalue weighted by Crippen LogP contribution is -2.42. The van der Waals surface area contributed by atoms with E-state index >= 15 is 0 Å². The minimum Gasteiger partial charge on any atom is -0.273 e. The number of hydrogen-bond acceptors (Lipinski definition) is 3. The monoisotopic (exact) mass is 292 g/mol. The first kappa shape index (κ1) is 14.2. The van der Waals surface area contributed by atoms with E-state index in [1.54, 1.807) is 6.07 Å². The number of carbonyl (C=O) groups is 2. The molecule has 0 spiro atoms. The normalized spacial score (nSPS) is 10.1. The molecular formula is C14H13FN2O2S. The van der Waals surface area contributed by atoms with Crippen molar-refractivity contribution in [3.63, 3.8) is 0 Å². The molecule has 20 heavy (non-hydrogen) atoms.